The van der Waals surface area contributed by atoms with Gasteiger partial charge in [0.25, 0.3) is 11.6 Å². The number of nitro groups is 1. The number of halogens is 2. The number of hydrogen-bond acceptors (Lipinski definition) is 3. The molecule has 0 heterocycles. The Kier molecular flexibility index (Phi) is 4.32. The highest BCUT2D eigenvalue weighted by atomic mass is 79.9. The summed E-state index contributed by atoms with van der Waals surface area (Å²) in [4.78, 5) is 22.4. The van der Waals surface area contributed by atoms with Crippen LogP contribution in [0.2, 0.25) is 0 Å². The average molecular weight is 353 g/mol. The van der Waals surface area contributed by atoms with E-state index in [0.29, 0.717) is 5.56 Å². The highest BCUT2D eigenvalue weighted by Crippen LogP contribution is 2.29. The number of nitrogens with zero attached hydrogens (tertiary/aromatic N) is 1. The first-order chi connectivity index (χ1) is 9.88. The molecule has 2 rings (SSSR count). The summed E-state index contributed by atoms with van der Waals surface area (Å²) >= 11 is 3.05. The number of amides is 1. The summed E-state index contributed by atoms with van der Waals surface area (Å²) in [7, 11) is 0. The minimum absolute atomic E-state index is 0.0839. The van der Waals surface area contributed by atoms with Crippen LogP contribution in [0.15, 0.2) is 40.9 Å². The average Bonchev–Trinajstić information content (AvgIpc) is 2.37. The number of hydrogen-bond donors (Lipinski definition) is 1. The van der Waals surface area contributed by atoms with Gasteiger partial charge in [-0.1, -0.05) is 6.07 Å². The molecule has 21 heavy (non-hydrogen) atoms. The fourth-order valence-corrected chi connectivity index (χ4v) is 2.43. The number of nitro benzene ring substituents is 1. The van der Waals surface area contributed by atoms with E-state index in [2.05, 4.69) is 21.2 Å². The van der Waals surface area contributed by atoms with Gasteiger partial charge in [-0.05, 0) is 52.7 Å². The largest absolute Gasteiger partial charge is 0.322 e. The third kappa shape index (κ3) is 3.43. The molecule has 0 aliphatic rings. The van der Waals surface area contributed by atoms with Crippen molar-refractivity contribution in [1.82, 2.24) is 0 Å². The first-order valence-electron chi connectivity index (χ1n) is 5.90. The number of carbonyl (C=O) groups excluding carboxylic acids is 1. The number of nitrogens with one attached hydrogen (secondary N) is 1. The molecule has 0 saturated carbocycles. The highest BCUT2D eigenvalue weighted by molar-refractivity contribution is 9.10. The lowest BCUT2D eigenvalue weighted by Gasteiger charge is -2.08. The Morgan fingerprint density at radius 3 is 2.67 bits per heavy atom. The van der Waals surface area contributed by atoms with Crippen LogP contribution in [0.1, 0.15) is 15.9 Å². The predicted octanol–water partition coefficient (Wildman–Crippen LogP) is 4.06. The van der Waals surface area contributed by atoms with Crippen LogP contribution in [0.3, 0.4) is 0 Å². The van der Waals surface area contributed by atoms with E-state index in [9.17, 15) is 19.3 Å². The van der Waals surface area contributed by atoms with Gasteiger partial charge in [0.2, 0.25) is 0 Å². The molecule has 2 aromatic rings. The third-order valence-corrected chi connectivity index (χ3v) is 3.55. The maximum atomic E-state index is 13.3. The molecule has 2 aromatic carbocycles. The zero-order valence-electron chi connectivity index (χ0n) is 10.9. The third-order valence-electron chi connectivity index (χ3n) is 2.72. The lowest BCUT2D eigenvalue weighted by molar-refractivity contribution is -0.385. The minimum atomic E-state index is -0.590. The molecule has 0 radical (unpaired) electrons. The second-order valence-electron chi connectivity index (χ2n) is 4.37. The van der Waals surface area contributed by atoms with Gasteiger partial charge in [-0.2, -0.15) is 0 Å². The first kappa shape index (κ1) is 15.1. The lowest BCUT2D eigenvalue weighted by atomic mass is 10.1. The van der Waals surface area contributed by atoms with Gasteiger partial charge in [-0.25, -0.2) is 4.39 Å². The van der Waals surface area contributed by atoms with Crippen molar-refractivity contribution >= 4 is 33.2 Å². The monoisotopic (exact) mass is 352 g/mol. The Morgan fingerprint density at radius 1 is 1.33 bits per heavy atom. The Labute approximate surface area is 128 Å². The van der Waals surface area contributed by atoms with Crippen LogP contribution >= 0.6 is 15.9 Å². The van der Waals surface area contributed by atoms with Crippen molar-refractivity contribution in [2.45, 2.75) is 6.92 Å². The van der Waals surface area contributed by atoms with Crippen molar-refractivity contribution < 1.29 is 14.1 Å². The molecule has 5 nitrogen and oxygen atoms in total. The summed E-state index contributed by atoms with van der Waals surface area (Å²) in [5.74, 6) is -1.03. The second-order valence-corrected chi connectivity index (χ2v) is 5.16. The standard InChI is InChI=1S/C14H10BrFN2O3/c1-8-5-9(16)7-10(6-8)17-14(19)11-3-2-4-12(13(11)15)18(20)21/h2-7H,1H3,(H,17,19). The van der Waals surface area contributed by atoms with Crippen LogP contribution < -0.4 is 5.32 Å². The van der Waals surface area contributed by atoms with Gasteiger partial charge in [0.05, 0.1) is 10.5 Å². The number of rotatable bonds is 3. The van der Waals surface area contributed by atoms with Gasteiger partial charge in [-0.3, -0.25) is 14.9 Å². The van der Waals surface area contributed by atoms with Crippen molar-refractivity contribution in [2.24, 2.45) is 0 Å². The van der Waals surface area contributed by atoms with Crippen LogP contribution in [-0.4, -0.2) is 10.8 Å². The molecule has 0 bridgehead atoms. The molecule has 1 amide bonds. The molecule has 7 heteroatoms. The fraction of sp³-hybridized carbons (Fsp3) is 0.0714. The molecule has 108 valence electrons. The molecule has 0 saturated heterocycles. The molecule has 1 N–H and O–H groups in total. The summed E-state index contributed by atoms with van der Waals surface area (Å²) in [5.41, 5.74) is 0.837. The molecule has 0 spiro atoms. The van der Waals surface area contributed by atoms with E-state index in [1.807, 2.05) is 0 Å². The molecule has 0 aromatic heterocycles. The normalized spacial score (nSPS) is 10.2. The minimum Gasteiger partial charge on any atom is -0.322 e. The second kappa shape index (κ2) is 6.01. The summed E-state index contributed by atoms with van der Waals surface area (Å²) in [6.45, 7) is 1.70. The van der Waals surface area contributed by atoms with E-state index in [4.69, 9.17) is 0 Å². The van der Waals surface area contributed by atoms with Gasteiger partial charge >= 0.3 is 0 Å². The Balaban J connectivity index is 2.33. The summed E-state index contributed by atoms with van der Waals surface area (Å²) < 4.78 is 13.4. The summed E-state index contributed by atoms with van der Waals surface area (Å²) in [6.07, 6.45) is 0. The first-order valence-corrected chi connectivity index (χ1v) is 6.69. The molecule has 0 atom stereocenters. The van der Waals surface area contributed by atoms with Crippen molar-refractivity contribution in [2.75, 3.05) is 5.32 Å². The summed E-state index contributed by atoms with van der Waals surface area (Å²) in [5, 5.41) is 13.4. The number of anilines is 1. The number of carbonyl (C=O) groups is 1. The molecule has 0 aliphatic heterocycles. The van der Waals surface area contributed by atoms with Crippen molar-refractivity contribution in [3.05, 3.63) is 67.9 Å². The van der Waals surface area contributed by atoms with Crippen LogP contribution in [-0.2, 0) is 0 Å². The lowest BCUT2D eigenvalue weighted by Crippen LogP contribution is -2.13. The smallest absolute Gasteiger partial charge is 0.284 e. The van der Waals surface area contributed by atoms with E-state index < -0.39 is 16.6 Å². The van der Waals surface area contributed by atoms with Gasteiger partial charge in [0.1, 0.15) is 10.3 Å². The molecule has 0 unspecified atom stereocenters. The molecule has 0 fully saturated rings. The number of benzene rings is 2. The van der Waals surface area contributed by atoms with Crippen LogP contribution in [0, 0.1) is 22.9 Å². The van der Waals surface area contributed by atoms with Crippen LogP contribution in [0.4, 0.5) is 15.8 Å². The van der Waals surface area contributed by atoms with E-state index in [0.717, 1.165) is 0 Å². The Bertz CT molecular complexity index is 714. The van der Waals surface area contributed by atoms with E-state index in [1.54, 1.807) is 13.0 Å². The zero-order valence-corrected chi connectivity index (χ0v) is 12.5. The van der Waals surface area contributed by atoms with E-state index in [-0.39, 0.29) is 21.4 Å². The van der Waals surface area contributed by atoms with Gasteiger partial charge in [-0.15, -0.1) is 0 Å². The van der Waals surface area contributed by atoms with Gasteiger partial charge in [0, 0.05) is 11.8 Å². The molecular formula is C14H10BrFN2O3. The highest BCUT2D eigenvalue weighted by Gasteiger charge is 2.19. The van der Waals surface area contributed by atoms with Crippen LogP contribution in [0.25, 0.3) is 0 Å². The Hall–Kier alpha value is -2.28. The van der Waals surface area contributed by atoms with Crippen molar-refractivity contribution in [1.29, 1.82) is 0 Å². The fourth-order valence-electron chi connectivity index (χ4n) is 1.84. The summed E-state index contributed by atoms with van der Waals surface area (Å²) in [6, 6.07) is 8.25. The maximum Gasteiger partial charge on any atom is 0.284 e. The van der Waals surface area contributed by atoms with Crippen LogP contribution in [0.5, 0.6) is 0 Å². The van der Waals surface area contributed by atoms with E-state index >= 15 is 0 Å². The van der Waals surface area contributed by atoms with Crippen molar-refractivity contribution in [3.8, 4) is 0 Å². The quantitative estimate of drug-likeness (QED) is 0.668. The van der Waals surface area contributed by atoms with Crippen molar-refractivity contribution in [3.63, 3.8) is 0 Å². The molecular weight excluding hydrogens is 343 g/mol. The SMILES string of the molecule is Cc1cc(F)cc(NC(=O)c2cccc([N+](=O)[O-])c2Br)c1. The topological polar surface area (TPSA) is 72.2 Å². The van der Waals surface area contributed by atoms with Gasteiger partial charge in [0.15, 0.2) is 0 Å². The number of aryl methyl sites for hydroxylation is 1. The maximum absolute atomic E-state index is 13.3. The molecule has 0 aliphatic carbocycles. The van der Waals surface area contributed by atoms with Gasteiger partial charge < -0.3 is 5.32 Å². The zero-order chi connectivity index (χ0) is 15.6. The van der Waals surface area contributed by atoms with E-state index in [1.165, 1.54) is 30.3 Å². The Morgan fingerprint density at radius 2 is 2.05 bits per heavy atom. The predicted molar refractivity (Wildman–Crippen MR) is 79.9 cm³/mol.